The summed E-state index contributed by atoms with van der Waals surface area (Å²) in [5.41, 5.74) is 2.99. The monoisotopic (exact) mass is 454 g/mol. The summed E-state index contributed by atoms with van der Waals surface area (Å²) in [7, 11) is 1.85. The van der Waals surface area contributed by atoms with Crippen molar-refractivity contribution in [1.82, 2.24) is 4.90 Å². The summed E-state index contributed by atoms with van der Waals surface area (Å²) in [6.07, 6.45) is 3.56. The molecule has 0 spiro atoms. The summed E-state index contributed by atoms with van der Waals surface area (Å²) >= 11 is 2.34. The molecule has 0 bridgehead atoms. The first-order chi connectivity index (χ1) is 12.0. The Hall–Kier alpha value is -1.24. The minimum Gasteiger partial charge on any atom is -0.451 e. The van der Waals surface area contributed by atoms with Gasteiger partial charge in [0.25, 0.3) is 5.91 Å². The van der Waals surface area contributed by atoms with E-state index in [0.29, 0.717) is 5.76 Å². The van der Waals surface area contributed by atoms with E-state index in [2.05, 4.69) is 46.5 Å². The highest BCUT2D eigenvalue weighted by Crippen LogP contribution is 2.31. The van der Waals surface area contributed by atoms with Crippen molar-refractivity contribution in [2.24, 2.45) is 5.92 Å². The van der Waals surface area contributed by atoms with Crippen LogP contribution in [-0.2, 0) is 0 Å². The third-order valence-electron chi connectivity index (χ3n) is 5.11. The Balaban J connectivity index is 1.88. The first-order valence-corrected chi connectivity index (χ1v) is 10.6. The highest BCUT2D eigenvalue weighted by molar-refractivity contribution is 14.1. The van der Waals surface area contributed by atoms with Gasteiger partial charge in [0.15, 0.2) is 5.76 Å². The van der Waals surface area contributed by atoms with Crippen molar-refractivity contribution in [3.8, 4) is 0 Å². The van der Waals surface area contributed by atoms with Crippen LogP contribution in [0.15, 0.2) is 22.6 Å². The summed E-state index contributed by atoms with van der Waals surface area (Å²) in [5, 5.41) is 1.06. The predicted molar refractivity (Wildman–Crippen MR) is 112 cm³/mol. The standard InChI is InChI=1S/C20H27IN2O2/c1-14-6-4-11-23(13-14)16-7-8-18-17(12-16)15(2)19(25-18)20(24)22(3)10-5-9-21/h7-8,12,14H,4-6,9-11,13H2,1-3H3. The lowest BCUT2D eigenvalue weighted by atomic mass is 9.99. The number of anilines is 1. The van der Waals surface area contributed by atoms with Crippen molar-refractivity contribution < 1.29 is 9.21 Å². The van der Waals surface area contributed by atoms with Crippen LogP contribution in [0.3, 0.4) is 0 Å². The number of halogens is 1. The van der Waals surface area contributed by atoms with E-state index in [0.717, 1.165) is 52.9 Å². The van der Waals surface area contributed by atoms with Gasteiger partial charge >= 0.3 is 0 Å². The topological polar surface area (TPSA) is 36.7 Å². The van der Waals surface area contributed by atoms with Gasteiger partial charge in [-0.2, -0.15) is 0 Å². The normalized spacial score (nSPS) is 17.9. The summed E-state index contributed by atoms with van der Waals surface area (Å²) in [6, 6.07) is 6.32. The number of hydrogen-bond acceptors (Lipinski definition) is 3. The number of hydrogen-bond donors (Lipinski definition) is 0. The predicted octanol–water partition coefficient (Wildman–Crippen LogP) is 4.87. The fourth-order valence-electron chi connectivity index (χ4n) is 3.61. The molecule has 0 radical (unpaired) electrons. The van der Waals surface area contributed by atoms with E-state index in [9.17, 15) is 4.79 Å². The lowest BCUT2D eigenvalue weighted by Crippen LogP contribution is -2.34. The fourth-order valence-corrected chi connectivity index (χ4v) is 3.95. The van der Waals surface area contributed by atoms with Gasteiger partial charge in [-0.25, -0.2) is 0 Å². The largest absolute Gasteiger partial charge is 0.451 e. The number of rotatable bonds is 5. The Morgan fingerprint density at radius 2 is 2.24 bits per heavy atom. The zero-order valence-corrected chi connectivity index (χ0v) is 17.5. The number of piperidine rings is 1. The van der Waals surface area contributed by atoms with Crippen LogP contribution in [0.25, 0.3) is 11.0 Å². The molecule has 3 rings (SSSR count). The van der Waals surface area contributed by atoms with Gasteiger partial charge in [0, 0.05) is 47.7 Å². The second-order valence-electron chi connectivity index (χ2n) is 7.20. The maximum atomic E-state index is 12.7. The number of carbonyl (C=O) groups excluding carboxylic acids is 1. The summed E-state index contributed by atoms with van der Waals surface area (Å²) in [5.74, 6) is 1.19. The van der Waals surface area contributed by atoms with Gasteiger partial charge in [-0.15, -0.1) is 0 Å². The van der Waals surface area contributed by atoms with Gasteiger partial charge in [0.2, 0.25) is 0 Å². The number of aryl methyl sites for hydroxylation is 1. The Labute approximate surface area is 163 Å². The molecule has 2 aromatic rings. The molecule has 5 heteroatoms. The average molecular weight is 454 g/mol. The van der Waals surface area contributed by atoms with Crippen molar-refractivity contribution in [2.75, 3.05) is 36.0 Å². The van der Waals surface area contributed by atoms with Gasteiger partial charge in [-0.3, -0.25) is 4.79 Å². The molecular formula is C20H27IN2O2. The number of benzene rings is 1. The number of furan rings is 1. The van der Waals surface area contributed by atoms with Crippen LogP contribution in [0.1, 0.15) is 42.3 Å². The molecule has 1 fully saturated rings. The molecule has 136 valence electrons. The summed E-state index contributed by atoms with van der Waals surface area (Å²) < 4.78 is 6.96. The lowest BCUT2D eigenvalue weighted by molar-refractivity contribution is 0.0765. The van der Waals surface area contributed by atoms with Crippen LogP contribution in [-0.4, -0.2) is 41.9 Å². The van der Waals surface area contributed by atoms with Gasteiger partial charge in [0.05, 0.1) is 0 Å². The van der Waals surface area contributed by atoms with Crippen molar-refractivity contribution >= 4 is 45.2 Å². The third kappa shape index (κ3) is 3.96. The number of amides is 1. The molecule has 1 aromatic heterocycles. The lowest BCUT2D eigenvalue weighted by Gasteiger charge is -2.32. The highest BCUT2D eigenvalue weighted by atomic mass is 127. The maximum absolute atomic E-state index is 12.7. The Bertz CT molecular complexity index is 755. The molecular weight excluding hydrogens is 427 g/mol. The van der Waals surface area contributed by atoms with E-state index in [-0.39, 0.29) is 5.91 Å². The van der Waals surface area contributed by atoms with Crippen molar-refractivity contribution in [3.05, 3.63) is 29.5 Å². The number of nitrogens with zero attached hydrogens (tertiary/aromatic N) is 2. The van der Waals surface area contributed by atoms with Gasteiger partial charge in [-0.05, 0) is 50.3 Å². The van der Waals surface area contributed by atoms with Crippen molar-refractivity contribution in [1.29, 1.82) is 0 Å². The third-order valence-corrected chi connectivity index (χ3v) is 5.87. The molecule has 1 saturated heterocycles. The first-order valence-electron chi connectivity index (χ1n) is 9.10. The van der Waals surface area contributed by atoms with E-state index in [1.807, 2.05) is 20.0 Å². The fraction of sp³-hybridized carbons (Fsp3) is 0.550. The maximum Gasteiger partial charge on any atom is 0.289 e. The van der Waals surface area contributed by atoms with E-state index < -0.39 is 0 Å². The van der Waals surface area contributed by atoms with Crippen LogP contribution < -0.4 is 4.90 Å². The summed E-state index contributed by atoms with van der Waals surface area (Å²) in [6.45, 7) is 7.28. The molecule has 0 saturated carbocycles. The van der Waals surface area contributed by atoms with Gasteiger partial charge < -0.3 is 14.2 Å². The zero-order valence-electron chi connectivity index (χ0n) is 15.3. The van der Waals surface area contributed by atoms with Crippen LogP contribution >= 0.6 is 22.6 Å². The molecule has 1 aliphatic heterocycles. The zero-order chi connectivity index (χ0) is 18.0. The molecule has 2 heterocycles. The Kier molecular flexibility index (Phi) is 5.92. The minimum atomic E-state index is -0.0216. The van der Waals surface area contributed by atoms with Crippen molar-refractivity contribution in [2.45, 2.75) is 33.1 Å². The van der Waals surface area contributed by atoms with E-state index in [1.165, 1.54) is 18.5 Å². The van der Waals surface area contributed by atoms with Crippen LogP contribution in [0.4, 0.5) is 5.69 Å². The molecule has 1 aromatic carbocycles. The number of fused-ring (bicyclic) bond motifs is 1. The molecule has 4 nitrogen and oxygen atoms in total. The second kappa shape index (κ2) is 7.98. The van der Waals surface area contributed by atoms with E-state index >= 15 is 0 Å². The first kappa shape index (κ1) is 18.5. The molecule has 1 unspecified atom stereocenters. The molecule has 25 heavy (non-hydrogen) atoms. The van der Waals surface area contributed by atoms with E-state index in [1.54, 1.807) is 4.90 Å². The van der Waals surface area contributed by atoms with Crippen molar-refractivity contribution in [3.63, 3.8) is 0 Å². The van der Waals surface area contributed by atoms with Gasteiger partial charge in [-0.1, -0.05) is 29.5 Å². The second-order valence-corrected chi connectivity index (χ2v) is 8.28. The van der Waals surface area contributed by atoms with Crippen LogP contribution in [0, 0.1) is 12.8 Å². The van der Waals surface area contributed by atoms with E-state index in [4.69, 9.17) is 4.42 Å². The van der Waals surface area contributed by atoms with Crippen LogP contribution in [0.2, 0.25) is 0 Å². The number of alkyl halides is 1. The molecule has 1 amide bonds. The average Bonchev–Trinajstić information content (AvgIpc) is 2.95. The summed E-state index contributed by atoms with van der Waals surface area (Å²) in [4.78, 5) is 16.9. The SMILES string of the molecule is Cc1c(C(=O)N(C)CCCI)oc2ccc(N3CCCC(C)C3)cc12. The molecule has 1 atom stereocenters. The number of carbonyl (C=O) groups is 1. The Morgan fingerprint density at radius 1 is 1.44 bits per heavy atom. The molecule has 0 aliphatic carbocycles. The molecule has 1 aliphatic rings. The smallest absolute Gasteiger partial charge is 0.289 e. The highest BCUT2D eigenvalue weighted by Gasteiger charge is 2.22. The van der Waals surface area contributed by atoms with Crippen LogP contribution in [0.5, 0.6) is 0 Å². The quantitative estimate of drug-likeness (QED) is 0.478. The van der Waals surface area contributed by atoms with Gasteiger partial charge in [0.1, 0.15) is 5.58 Å². The minimum absolute atomic E-state index is 0.0216. The molecule has 0 N–H and O–H groups in total. The Morgan fingerprint density at radius 3 is 2.96 bits per heavy atom.